The van der Waals surface area contributed by atoms with Crippen molar-refractivity contribution >= 4 is 34.8 Å². The second-order valence-electron chi connectivity index (χ2n) is 6.73. The first kappa shape index (κ1) is 18.2. The van der Waals surface area contributed by atoms with E-state index in [4.69, 9.17) is 11.6 Å². The summed E-state index contributed by atoms with van der Waals surface area (Å²) in [6, 6.07) is 19.6. The Labute approximate surface area is 168 Å². The van der Waals surface area contributed by atoms with Crippen molar-refractivity contribution in [2.45, 2.75) is 19.4 Å². The van der Waals surface area contributed by atoms with Crippen LogP contribution in [-0.2, 0) is 6.42 Å². The van der Waals surface area contributed by atoms with Gasteiger partial charge in [0.15, 0.2) is 0 Å². The third kappa shape index (κ3) is 3.49. The molecule has 0 saturated carbocycles. The summed E-state index contributed by atoms with van der Waals surface area (Å²) in [5, 5.41) is 3.35. The van der Waals surface area contributed by atoms with Crippen LogP contribution < -0.4 is 10.2 Å². The lowest BCUT2D eigenvalue weighted by Crippen LogP contribution is -2.36. The fraction of sp³-hybridized carbons (Fsp3) is 0.136. The van der Waals surface area contributed by atoms with Gasteiger partial charge in [-0.05, 0) is 61.4 Å². The van der Waals surface area contributed by atoms with Gasteiger partial charge in [-0.15, -0.1) is 0 Å². The number of nitrogens with zero attached hydrogens (tertiary/aromatic N) is 2. The maximum absolute atomic E-state index is 13.1. The molecule has 1 aromatic heterocycles. The molecule has 1 unspecified atom stereocenters. The molecule has 1 atom stereocenters. The maximum atomic E-state index is 13.1. The molecule has 0 aliphatic carbocycles. The number of fused-ring (bicyclic) bond motifs is 1. The van der Waals surface area contributed by atoms with Crippen LogP contribution in [0.3, 0.4) is 0 Å². The lowest BCUT2D eigenvalue weighted by molar-refractivity contribution is 0.0976. The zero-order chi connectivity index (χ0) is 19.7. The van der Waals surface area contributed by atoms with Crippen LogP contribution in [0, 0.1) is 0 Å². The molecule has 0 fully saturated rings. The minimum absolute atomic E-state index is 0.0400. The normalized spacial score (nSPS) is 15.2. The van der Waals surface area contributed by atoms with Crippen molar-refractivity contribution in [2.75, 3.05) is 10.2 Å². The molecule has 0 bridgehead atoms. The summed E-state index contributed by atoms with van der Waals surface area (Å²) in [7, 11) is 0. The van der Waals surface area contributed by atoms with Crippen molar-refractivity contribution in [3.05, 3.63) is 88.7 Å². The van der Waals surface area contributed by atoms with Gasteiger partial charge >= 0.3 is 0 Å². The van der Waals surface area contributed by atoms with E-state index < -0.39 is 0 Å². The molecule has 1 aliphatic heterocycles. The van der Waals surface area contributed by atoms with Gasteiger partial charge in [-0.25, -0.2) is 4.98 Å². The highest BCUT2D eigenvalue weighted by Crippen LogP contribution is 2.32. The molecule has 1 aliphatic rings. The largest absolute Gasteiger partial charge is 0.321 e. The van der Waals surface area contributed by atoms with E-state index in [1.807, 2.05) is 31.2 Å². The number of pyridine rings is 1. The zero-order valence-electron chi connectivity index (χ0n) is 15.2. The molecule has 140 valence electrons. The first-order chi connectivity index (χ1) is 13.5. The van der Waals surface area contributed by atoms with E-state index in [1.54, 1.807) is 47.4 Å². The van der Waals surface area contributed by atoms with Gasteiger partial charge in [0.2, 0.25) is 0 Å². The lowest BCUT2D eigenvalue weighted by Gasteiger charge is -2.22. The van der Waals surface area contributed by atoms with Crippen LogP contribution >= 0.6 is 11.6 Å². The summed E-state index contributed by atoms with van der Waals surface area (Å²) in [6.45, 7) is 2.01. The molecule has 6 heteroatoms. The number of nitrogens with one attached hydrogen (secondary N) is 1. The molecular weight excluding hydrogens is 374 g/mol. The van der Waals surface area contributed by atoms with Gasteiger partial charge in [0.1, 0.15) is 11.4 Å². The Morgan fingerprint density at radius 3 is 2.50 bits per heavy atom. The summed E-state index contributed by atoms with van der Waals surface area (Å²) in [4.78, 5) is 31.7. The third-order valence-electron chi connectivity index (χ3n) is 4.73. The molecule has 0 spiro atoms. The van der Waals surface area contributed by atoms with Crippen LogP contribution in [0.5, 0.6) is 0 Å². The van der Waals surface area contributed by atoms with E-state index in [1.165, 1.54) is 0 Å². The van der Waals surface area contributed by atoms with Crippen molar-refractivity contribution in [1.82, 2.24) is 4.98 Å². The van der Waals surface area contributed by atoms with Crippen molar-refractivity contribution in [1.29, 1.82) is 0 Å². The average molecular weight is 392 g/mol. The Kier molecular flexibility index (Phi) is 4.84. The standard InChI is InChI=1S/C22H18ClN3O2/c1-14-13-15-5-2-3-8-20(15)26(14)22(28)19-7-4-6-18(25-19)21(27)24-17-11-9-16(23)10-12-17/h2-12,14H,13H2,1H3,(H,24,27). The fourth-order valence-electron chi connectivity index (χ4n) is 3.41. The first-order valence-corrected chi connectivity index (χ1v) is 9.36. The summed E-state index contributed by atoms with van der Waals surface area (Å²) < 4.78 is 0. The number of aromatic nitrogens is 1. The Morgan fingerprint density at radius 1 is 1.00 bits per heavy atom. The number of benzene rings is 2. The lowest BCUT2D eigenvalue weighted by atomic mass is 10.1. The number of carbonyl (C=O) groups is 2. The van der Waals surface area contributed by atoms with Gasteiger partial charge in [-0.1, -0.05) is 35.9 Å². The van der Waals surface area contributed by atoms with E-state index >= 15 is 0 Å². The summed E-state index contributed by atoms with van der Waals surface area (Å²) >= 11 is 5.86. The Hall–Kier alpha value is -3.18. The second kappa shape index (κ2) is 7.44. The highest BCUT2D eigenvalue weighted by Gasteiger charge is 2.32. The van der Waals surface area contributed by atoms with Crippen molar-refractivity contribution < 1.29 is 9.59 Å². The predicted octanol–water partition coefficient (Wildman–Crippen LogP) is 4.58. The van der Waals surface area contributed by atoms with Gasteiger partial charge in [0, 0.05) is 22.4 Å². The number of halogens is 1. The molecule has 28 heavy (non-hydrogen) atoms. The highest BCUT2D eigenvalue weighted by molar-refractivity contribution is 6.30. The van der Waals surface area contributed by atoms with E-state index in [0.29, 0.717) is 10.7 Å². The Balaban J connectivity index is 1.57. The minimum atomic E-state index is -0.383. The highest BCUT2D eigenvalue weighted by atomic mass is 35.5. The SMILES string of the molecule is CC1Cc2ccccc2N1C(=O)c1cccc(C(=O)Nc2ccc(Cl)cc2)n1. The van der Waals surface area contributed by atoms with Crippen molar-refractivity contribution in [3.63, 3.8) is 0 Å². The topological polar surface area (TPSA) is 62.3 Å². The molecule has 2 amide bonds. The smallest absolute Gasteiger partial charge is 0.277 e. The fourth-order valence-corrected chi connectivity index (χ4v) is 3.53. The Bertz CT molecular complexity index is 1050. The van der Waals surface area contributed by atoms with Gasteiger partial charge < -0.3 is 10.2 Å². The number of hydrogen-bond donors (Lipinski definition) is 1. The predicted molar refractivity (Wildman–Crippen MR) is 110 cm³/mol. The molecular formula is C22H18ClN3O2. The molecule has 0 saturated heterocycles. The monoisotopic (exact) mass is 391 g/mol. The molecule has 4 rings (SSSR count). The van der Waals surface area contributed by atoms with Crippen LogP contribution in [0.2, 0.25) is 5.02 Å². The van der Waals surface area contributed by atoms with Crippen LogP contribution in [0.1, 0.15) is 33.5 Å². The van der Waals surface area contributed by atoms with E-state index in [0.717, 1.165) is 17.7 Å². The van der Waals surface area contributed by atoms with Crippen molar-refractivity contribution in [2.24, 2.45) is 0 Å². The maximum Gasteiger partial charge on any atom is 0.277 e. The van der Waals surface area contributed by atoms with E-state index in [2.05, 4.69) is 10.3 Å². The zero-order valence-corrected chi connectivity index (χ0v) is 16.0. The number of rotatable bonds is 3. The average Bonchev–Trinajstić information content (AvgIpc) is 3.05. The number of carbonyl (C=O) groups excluding carboxylic acids is 2. The minimum Gasteiger partial charge on any atom is -0.321 e. The molecule has 2 heterocycles. The summed E-state index contributed by atoms with van der Waals surface area (Å²) in [6.07, 6.45) is 0.804. The molecule has 3 aromatic rings. The summed E-state index contributed by atoms with van der Waals surface area (Å²) in [5.41, 5.74) is 3.07. The molecule has 0 radical (unpaired) electrons. The second-order valence-corrected chi connectivity index (χ2v) is 7.16. The first-order valence-electron chi connectivity index (χ1n) is 8.98. The number of para-hydroxylation sites is 1. The van der Waals surface area contributed by atoms with Crippen LogP contribution in [0.15, 0.2) is 66.7 Å². The van der Waals surface area contributed by atoms with E-state index in [-0.39, 0.29) is 29.2 Å². The molecule has 2 aromatic carbocycles. The Morgan fingerprint density at radius 2 is 1.71 bits per heavy atom. The van der Waals surface area contributed by atoms with Gasteiger partial charge in [0.05, 0.1) is 0 Å². The van der Waals surface area contributed by atoms with Gasteiger partial charge in [-0.2, -0.15) is 0 Å². The molecule has 1 N–H and O–H groups in total. The third-order valence-corrected chi connectivity index (χ3v) is 4.98. The molecule has 5 nitrogen and oxygen atoms in total. The van der Waals surface area contributed by atoms with E-state index in [9.17, 15) is 9.59 Å². The van der Waals surface area contributed by atoms with Gasteiger partial charge in [-0.3, -0.25) is 9.59 Å². The summed E-state index contributed by atoms with van der Waals surface area (Å²) in [5.74, 6) is -0.592. The number of hydrogen-bond acceptors (Lipinski definition) is 3. The van der Waals surface area contributed by atoms with Gasteiger partial charge in [0.25, 0.3) is 11.8 Å². The van der Waals surface area contributed by atoms with Crippen LogP contribution in [0.25, 0.3) is 0 Å². The van der Waals surface area contributed by atoms with Crippen LogP contribution in [-0.4, -0.2) is 22.8 Å². The van der Waals surface area contributed by atoms with Crippen molar-refractivity contribution in [3.8, 4) is 0 Å². The number of amides is 2. The van der Waals surface area contributed by atoms with Crippen LogP contribution in [0.4, 0.5) is 11.4 Å². The quantitative estimate of drug-likeness (QED) is 0.710. The number of anilines is 2.